The maximum absolute atomic E-state index is 12.3. The Morgan fingerprint density at radius 1 is 0.500 bits per heavy atom. The van der Waals surface area contributed by atoms with Gasteiger partial charge in [0.05, 0.1) is 98.9 Å². The van der Waals surface area contributed by atoms with Crippen LogP contribution in [0.25, 0.3) is 11.1 Å². The second-order valence-corrected chi connectivity index (χ2v) is 12.1. The fourth-order valence-corrected chi connectivity index (χ4v) is 5.37. The highest BCUT2D eigenvalue weighted by molar-refractivity contribution is 5.80. The minimum atomic E-state index is -0.985. The number of carboxylic acids is 1. The molecule has 0 aromatic heterocycles. The molecule has 2 aromatic carbocycles. The highest BCUT2D eigenvalue weighted by Gasteiger charge is 2.28. The molecule has 0 aliphatic heterocycles. The zero-order chi connectivity index (χ0) is 38.3. The van der Waals surface area contributed by atoms with Gasteiger partial charge in [0.2, 0.25) is 5.91 Å². The lowest BCUT2D eigenvalue weighted by Crippen LogP contribution is -2.27. The van der Waals surface area contributed by atoms with Crippen LogP contribution in [0.4, 0.5) is 4.79 Å². The molecule has 0 fully saturated rings. The van der Waals surface area contributed by atoms with Gasteiger partial charge in [-0.3, -0.25) is 9.59 Å². The Labute approximate surface area is 318 Å². The number of alkyl carbamates (subject to hydrolysis) is 1. The number of carbonyl (C=O) groups is 3. The first-order valence-corrected chi connectivity index (χ1v) is 18.8. The van der Waals surface area contributed by atoms with E-state index in [-0.39, 0.29) is 24.7 Å². The van der Waals surface area contributed by atoms with E-state index in [0.717, 1.165) is 0 Å². The van der Waals surface area contributed by atoms with Crippen molar-refractivity contribution < 1.29 is 62.1 Å². The molecule has 1 aliphatic rings. The van der Waals surface area contributed by atoms with Crippen LogP contribution in [0.2, 0.25) is 0 Å². The van der Waals surface area contributed by atoms with E-state index in [1.165, 1.54) is 22.3 Å². The standard InChI is InChI=1S/C39H58N2O13/c42-37(11-12-38(43)44)40-13-5-15-46-17-19-48-21-23-50-25-27-52-29-30-53-28-26-51-24-22-49-20-18-47-16-6-14-41-39(45)54-31-36-34-9-3-1-7-32(34)33-8-2-4-10-35(33)36/h1-4,7-10,36H,5-6,11-31H2,(H,40,42)(H,41,45)(H,43,44). The van der Waals surface area contributed by atoms with Crippen molar-refractivity contribution in [2.75, 3.05) is 125 Å². The molecule has 0 saturated carbocycles. The Hall–Kier alpha value is -3.67. The van der Waals surface area contributed by atoms with E-state index < -0.39 is 12.1 Å². The number of aliphatic carboxylic acids is 1. The SMILES string of the molecule is O=C(O)CCC(=O)NCCCOCCOCCOCCOCCOCCOCCOCCOCCCNC(=O)OCC1c2ccccc2-c2ccccc21. The van der Waals surface area contributed by atoms with E-state index >= 15 is 0 Å². The van der Waals surface area contributed by atoms with Gasteiger partial charge in [-0.15, -0.1) is 0 Å². The lowest BCUT2D eigenvalue weighted by Gasteiger charge is -2.14. The first kappa shape index (κ1) is 44.7. The first-order chi connectivity index (χ1) is 26.6. The average Bonchev–Trinajstić information content (AvgIpc) is 3.50. The van der Waals surface area contributed by atoms with Gasteiger partial charge in [-0.1, -0.05) is 48.5 Å². The van der Waals surface area contributed by atoms with E-state index in [0.29, 0.717) is 138 Å². The number of hydrogen-bond acceptors (Lipinski definition) is 12. The number of hydrogen-bond donors (Lipinski definition) is 3. The highest BCUT2D eigenvalue weighted by Crippen LogP contribution is 2.44. The van der Waals surface area contributed by atoms with E-state index in [4.69, 9.17) is 47.7 Å². The second kappa shape index (κ2) is 29.7. The molecule has 54 heavy (non-hydrogen) atoms. The van der Waals surface area contributed by atoms with Gasteiger partial charge >= 0.3 is 12.1 Å². The fraction of sp³-hybridized carbons (Fsp3) is 0.615. The zero-order valence-corrected chi connectivity index (χ0v) is 31.3. The van der Waals surface area contributed by atoms with Crippen molar-refractivity contribution in [2.24, 2.45) is 0 Å². The minimum absolute atomic E-state index is 0.0139. The third-order valence-electron chi connectivity index (χ3n) is 8.04. The monoisotopic (exact) mass is 762 g/mol. The molecule has 0 radical (unpaired) electrons. The topological polar surface area (TPSA) is 179 Å². The molecule has 1 aliphatic carbocycles. The van der Waals surface area contributed by atoms with Crippen molar-refractivity contribution in [3.05, 3.63) is 59.7 Å². The molecule has 3 N–H and O–H groups in total. The Morgan fingerprint density at radius 2 is 0.870 bits per heavy atom. The smallest absolute Gasteiger partial charge is 0.407 e. The molecule has 2 aromatic rings. The number of nitrogens with one attached hydrogen (secondary N) is 2. The molecule has 15 nitrogen and oxygen atoms in total. The Balaban J connectivity index is 0.958. The summed E-state index contributed by atoms with van der Waals surface area (Å²) in [4.78, 5) is 34.1. The Kier molecular flexibility index (Phi) is 24.6. The highest BCUT2D eigenvalue weighted by atomic mass is 16.6. The minimum Gasteiger partial charge on any atom is -0.481 e. The molecule has 0 heterocycles. The molecule has 2 amide bonds. The third-order valence-corrected chi connectivity index (χ3v) is 8.04. The predicted octanol–water partition coefficient (Wildman–Crippen LogP) is 3.42. The fourth-order valence-electron chi connectivity index (χ4n) is 5.37. The van der Waals surface area contributed by atoms with Gasteiger partial charge in [-0.2, -0.15) is 0 Å². The van der Waals surface area contributed by atoms with E-state index in [2.05, 4.69) is 34.9 Å². The number of benzene rings is 2. The maximum atomic E-state index is 12.3. The number of amides is 2. The van der Waals surface area contributed by atoms with Crippen LogP contribution in [0.15, 0.2) is 48.5 Å². The lowest BCUT2D eigenvalue weighted by molar-refractivity contribution is -0.138. The molecule has 3 rings (SSSR count). The largest absolute Gasteiger partial charge is 0.481 e. The molecule has 302 valence electrons. The Bertz CT molecular complexity index is 1270. The van der Waals surface area contributed by atoms with Crippen molar-refractivity contribution in [1.29, 1.82) is 0 Å². The Morgan fingerprint density at radius 3 is 1.28 bits per heavy atom. The summed E-state index contributed by atoms with van der Waals surface area (Å²) in [6, 6.07) is 16.5. The van der Waals surface area contributed by atoms with E-state index in [1.807, 2.05) is 24.3 Å². The van der Waals surface area contributed by atoms with Crippen LogP contribution in [0.5, 0.6) is 0 Å². The van der Waals surface area contributed by atoms with Gasteiger partial charge in [0.25, 0.3) is 0 Å². The molecule has 0 atom stereocenters. The zero-order valence-electron chi connectivity index (χ0n) is 31.3. The summed E-state index contributed by atoms with van der Waals surface area (Å²) in [5.41, 5.74) is 4.78. The van der Waals surface area contributed by atoms with Crippen molar-refractivity contribution in [3.63, 3.8) is 0 Å². The normalized spacial score (nSPS) is 12.0. The van der Waals surface area contributed by atoms with Gasteiger partial charge in [0, 0.05) is 38.6 Å². The van der Waals surface area contributed by atoms with Crippen molar-refractivity contribution in [1.82, 2.24) is 10.6 Å². The maximum Gasteiger partial charge on any atom is 0.407 e. The number of carboxylic acid groups (broad SMARTS) is 1. The van der Waals surface area contributed by atoms with Crippen molar-refractivity contribution in [3.8, 4) is 11.1 Å². The summed E-state index contributed by atoms with van der Waals surface area (Å²) >= 11 is 0. The summed E-state index contributed by atoms with van der Waals surface area (Å²) in [5.74, 6) is -1.21. The third kappa shape index (κ3) is 20.1. The summed E-state index contributed by atoms with van der Waals surface area (Å²) < 4.78 is 49.4. The molecular weight excluding hydrogens is 704 g/mol. The predicted molar refractivity (Wildman–Crippen MR) is 199 cm³/mol. The van der Waals surface area contributed by atoms with Crippen LogP contribution in [0.3, 0.4) is 0 Å². The number of fused-ring (bicyclic) bond motifs is 3. The molecule has 0 unspecified atom stereocenters. The van der Waals surface area contributed by atoms with Crippen LogP contribution in [0, 0.1) is 0 Å². The van der Waals surface area contributed by atoms with Gasteiger partial charge < -0.3 is 58.4 Å². The molecule has 0 bridgehead atoms. The molecule has 0 spiro atoms. The van der Waals surface area contributed by atoms with Gasteiger partial charge in [-0.25, -0.2) is 4.79 Å². The van der Waals surface area contributed by atoms with Crippen LogP contribution >= 0.6 is 0 Å². The van der Waals surface area contributed by atoms with E-state index in [9.17, 15) is 14.4 Å². The average molecular weight is 763 g/mol. The van der Waals surface area contributed by atoms with Gasteiger partial charge in [-0.05, 0) is 35.1 Å². The van der Waals surface area contributed by atoms with E-state index in [1.54, 1.807) is 0 Å². The second-order valence-electron chi connectivity index (χ2n) is 12.1. The summed E-state index contributed by atoms with van der Waals surface area (Å²) in [7, 11) is 0. The van der Waals surface area contributed by atoms with Gasteiger partial charge in [0.15, 0.2) is 0 Å². The van der Waals surface area contributed by atoms with Crippen molar-refractivity contribution >= 4 is 18.0 Å². The molecular formula is C39H58N2O13. The lowest BCUT2D eigenvalue weighted by atomic mass is 9.98. The van der Waals surface area contributed by atoms with Crippen LogP contribution in [0.1, 0.15) is 42.7 Å². The number of ether oxygens (including phenoxy) is 9. The van der Waals surface area contributed by atoms with Crippen molar-refractivity contribution in [2.45, 2.75) is 31.6 Å². The number of rotatable bonds is 34. The number of carbonyl (C=O) groups excluding carboxylic acids is 2. The summed E-state index contributed by atoms with van der Waals surface area (Å²) in [6.45, 7) is 8.71. The van der Waals surface area contributed by atoms with Crippen LogP contribution in [-0.2, 0) is 52.2 Å². The summed E-state index contributed by atoms with van der Waals surface area (Å²) in [5, 5.41) is 14.0. The molecule has 15 heteroatoms. The van der Waals surface area contributed by atoms with Crippen LogP contribution < -0.4 is 10.6 Å². The molecule has 0 saturated heterocycles. The first-order valence-electron chi connectivity index (χ1n) is 18.8. The van der Waals surface area contributed by atoms with Gasteiger partial charge in [0.1, 0.15) is 6.61 Å². The quantitative estimate of drug-likeness (QED) is 0.0885. The summed E-state index contributed by atoms with van der Waals surface area (Å²) in [6.07, 6.45) is 0.718. The van der Waals surface area contributed by atoms with Crippen LogP contribution in [-0.4, -0.2) is 148 Å².